The zero-order valence-electron chi connectivity index (χ0n) is 33.7. The molecular weight excluding hydrogens is 711 g/mol. The summed E-state index contributed by atoms with van der Waals surface area (Å²) in [5.41, 5.74) is -0.390. The van der Waals surface area contributed by atoms with Gasteiger partial charge in [-0.15, -0.1) is 0 Å². The zero-order chi connectivity index (χ0) is 39.6. The number of carbonyl (C=O) groups excluding carboxylic acids is 3. The normalized spacial score (nSPS) is 38.2. The molecule has 4 N–H and O–H groups in total. The number of hydrogen-bond donors (Lipinski definition) is 4. The summed E-state index contributed by atoms with van der Waals surface area (Å²) in [5.74, 6) is -1.31. The number of fused-ring (bicyclic) bond motifs is 2. The smallest absolute Gasteiger partial charge is 0.340 e. The number of rotatable bonds is 14. The molecule has 2 amide bonds. The number of para-hydroxylation sites is 2. The van der Waals surface area contributed by atoms with Crippen molar-refractivity contribution in [2.45, 2.75) is 109 Å². The van der Waals surface area contributed by atoms with E-state index in [1.165, 1.54) is 0 Å². The molecule has 2 aromatic rings. The lowest BCUT2D eigenvalue weighted by atomic mass is 9.43. The highest BCUT2D eigenvalue weighted by molar-refractivity contribution is 6.12. The van der Waals surface area contributed by atoms with Crippen LogP contribution in [0.4, 0.5) is 11.4 Å². The lowest BCUT2D eigenvalue weighted by Crippen LogP contribution is -2.76. The van der Waals surface area contributed by atoms with Gasteiger partial charge in [0, 0.05) is 67.7 Å². The molecule has 13 atom stereocenters. The molecule has 11 heteroatoms. The molecule has 1 saturated heterocycles. The van der Waals surface area contributed by atoms with Crippen molar-refractivity contribution in [3.63, 3.8) is 0 Å². The Morgan fingerprint density at radius 3 is 2.34 bits per heavy atom. The highest BCUT2D eigenvalue weighted by atomic mass is 16.5. The summed E-state index contributed by atoms with van der Waals surface area (Å²) in [6.45, 7) is 8.05. The number of methoxy groups -OCH3 is 2. The quantitative estimate of drug-likeness (QED) is 0.166. The average Bonchev–Trinajstić information content (AvgIpc) is 3.63. The van der Waals surface area contributed by atoms with E-state index in [-0.39, 0.29) is 82.7 Å². The minimum absolute atomic E-state index is 0.0273. The Labute approximate surface area is 331 Å². The predicted molar refractivity (Wildman–Crippen MR) is 212 cm³/mol. The van der Waals surface area contributed by atoms with Crippen molar-refractivity contribution in [1.82, 2.24) is 4.90 Å². The monoisotopic (exact) mass is 771 g/mol. The van der Waals surface area contributed by atoms with Crippen molar-refractivity contribution in [2.75, 3.05) is 44.5 Å². The summed E-state index contributed by atoms with van der Waals surface area (Å²) in [6.07, 6.45) is 6.37. The number of nitrogens with zero attached hydrogens (tertiary/aromatic N) is 1. The molecule has 6 aliphatic rings. The van der Waals surface area contributed by atoms with Crippen LogP contribution in [0, 0.1) is 46.3 Å². The van der Waals surface area contributed by atoms with Crippen LogP contribution in [0.15, 0.2) is 48.5 Å². The van der Waals surface area contributed by atoms with Crippen LogP contribution in [0.25, 0.3) is 0 Å². The van der Waals surface area contributed by atoms with Crippen molar-refractivity contribution < 1.29 is 38.8 Å². The number of esters is 1. The van der Waals surface area contributed by atoms with Gasteiger partial charge in [-0.05, 0) is 81.2 Å². The largest absolute Gasteiger partial charge is 0.461 e. The summed E-state index contributed by atoms with van der Waals surface area (Å²) in [5, 5.41) is 30.5. The Hall–Kier alpha value is -3.35. The number of likely N-dealkylation sites (tertiary alicyclic amines) is 1. The molecule has 5 saturated carbocycles. The fourth-order valence-corrected chi connectivity index (χ4v) is 13.6. The first kappa shape index (κ1) is 39.5. The maximum absolute atomic E-state index is 14.2. The number of carbonyl (C=O) groups is 3. The van der Waals surface area contributed by atoms with Crippen LogP contribution in [0.1, 0.15) is 99.3 Å². The van der Waals surface area contributed by atoms with E-state index in [0.29, 0.717) is 29.8 Å². The Kier molecular flexibility index (Phi) is 10.6. The number of benzene rings is 2. The topological polar surface area (TPSA) is 147 Å². The summed E-state index contributed by atoms with van der Waals surface area (Å²) in [6, 6.07) is 13.9. The number of anilines is 2. The van der Waals surface area contributed by atoms with Crippen molar-refractivity contribution in [2.24, 2.45) is 46.3 Å². The van der Waals surface area contributed by atoms with Crippen LogP contribution in [-0.2, 0) is 19.0 Å². The molecule has 1 heterocycles. The van der Waals surface area contributed by atoms with Crippen LogP contribution in [0.3, 0.4) is 0 Å². The lowest BCUT2D eigenvalue weighted by Gasteiger charge is -2.69. The fraction of sp³-hybridized carbons (Fsp3) is 0.667. The van der Waals surface area contributed by atoms with Crippen LogP contribution in [-0.4, -0.2) is 96.8 Å². The number of hydrogen-bond acceptors (Lipinski definition) is 9. The van der Waals surface area contributed by atoms with E-state index in [1.54, 1.807) is 55.6 Å². The number of aliphatic hydroxyl groups excluding tert-OH is 1. The number of nitrogens with one attached hydrogen (secondary N) is 2. The Morgan fingerprint density at radius 2 is 1.66 bits per heavy atom. The molecule has 5 aliphatic carbocycles. The minimum Gasteiger partial charge on any atom is -0.461 e. The van der Waals surface area contributed by atoms with Crippen molar-refractivity contribution >= 4 is 29.2 Å². The Balaban J connectivity index is 1.04. The van der Waals surface area contributed by atoms with E-state index in [0.717, 1.165) is 58.0 Å². The molecule has 6 fully saturated rings. The molecule has 1 aliphatic heterocycles. The molecule has 304 valence electrons. The van der Waals surface area contributed by atoms with Gasteiger partial charge >= 0.3 is 5.97 Å². The number of ether oxygens (including phenoxy) is 3. The van der Waals surface area contributed by atoms with E-state index >= 15 is 0 Å². The van der Waals surface area contributed by atoms with Gasteiger partial charge in [-0.3, -0.25) is 14.5 Å². The Bertz CT molecular complexity index is 1820. The highest BCUT2D eigenvalue weighted by Crippen LogP contribution is 2.79. The third-order valence-corrected chi connectivity index (χ3v) is 15.8. The van der Waals surface area contributed by atoms with E-state index in [9.17, 15) is 24.6 Å². The van der Waals surface area contributed by atoms with E-state index in [4.69, 9.17) is 14.2 Å². The first-order valence-electron chi connectivity index (χ1n) is 21.2. The van der Waals surface area contributed by atoms with Gasteiger partial charge in [0.15, 0.2) is 0 Å². The summed E-state index contributed by atoms with van der Waals surface area (Å²) >= 11 is 0. The van der Waals surface area contributed by atoms with Crippen molar-refractivity contribution in [3.8, 4) is 0 Å². The highest BCUT2D eigenvalue weighted by Gasteiger charge is 2.83. The second-order valence-corrected chi connectivity index (χ2v) is 17.9. The fourth-order valence-electron chi connectivity index (χ4n) is 13.6. The molecule has 56 heavy (non-hydrogen) atoms. The molecule has 2 aromatic carbocycles. The molecule has 11 nitrogen and oxygen atoms in total. The average molecular weight is 772 g/mol. The zero-order valence-corrected chi connectivity index (χ0v) is 33.7. The molecule has 0 aromatic heterocycles. The summed E-state index contributed by atoms with van der Waals surface area (Å²) in [7, 11) is 3.52. The Morgan fingerprint density at radius 1 is 0.946 bits per heavy atom. The maximum Gasteiger partial charge on any atom is 0.340 e. The molecule has 1 spiro atoms. The standard InChI is InChI=1S/C45H61N3O8/c1-6-9-14-26(7-2)40(50)46-32-17-12-10-15-27(32)41(51)47-33-18-13-11-16-28(33)42(52)56-25-43-20-19-36(55-5)45-30-21-29-34(54-4)23-44(53,37(30)38(29)49)31(22-35(43)45)39(45)48(8-3)24-43/h10-13,15-18,26,29-31,34-39,49,53H,6-9,14,19-25H2,1-5H3,(H,46,50)(H,47,51)/t26?,29?,30-,31?,34+,35-,36+,37-,38+,39?,43+,44+,45?/m1/s1. The van der Waals surface area contributed by atoms with Gasteiger partial charge in [0.25, 0.3) is 5.91 Å². The van der Waals surface area contributed by atoms with E-state index < -0.39 is 23.6 Å². The van der Waals surface area contributed by atoms with Crippen LogP contribution >= 0.6 is 0 Å². The summed E-state index contributed by atoms with van der Waals surface area (Å²) < 4.78 is 18.8. The van der Waals surface area contributed by atoms with Gasteiger partial charge in [0.05, 0.1) is 53.0 Å². The number of aliphatic hydroxyl groups is 2. The predicted octanol–water partition coefficient (Wildman–Crippen LogP) is 6.15. The van der Waals surface area contributed by atoms with E-state index in [1.807, 2.05) is 14.0 Å². The maximum atomic E-state index is 14.2. The van der Waals surface area contributed by atoms with Crippen LogP contribution in [0.2, 0.25) is 0 Å². The van der Waals surface area contributed by atoms with E-state index in [2.05, 4.69) is 29.4 Å². The second-order valence-electron chi connectivity index (χ2n) is 17.9. The van der Waals surface area contributed by atoms with Crippen molar-refractivity contribution in [1.29, 1.82) is 0 Å². The van der Waals surface area contributed by atoms with Gasteiger partial charge in [-0.1, -0.05) is 57.9 Å². The SMILES string of the molecule is CCCCC(CC)C(=O)Nc1ccccc1C(=O)Nc1ccccc1C(=O)OC[C@@]12CC[C@H](OC)C34C(C(C[C@@H]31)[C@@]1(O)C[C@H](OC)C3C[C@@H]4[C@@H]1[C@H]3O)N(CC)C2. The number of amides is 2. The van der Waals surface area contributed by atoms with Gasteiger partial charge in [-0.25, -0.2) is 4.79 Å². The third-order valence-electron chi connectivity index (χ3n) is 15.8. The lowest BCUT2D eigenvalue weighted by molar-refractivity contribution is -0.275. The summed E-state index contributed by atoms with van der Waals surface area (Å²) in [4.78, 5) is 43.7. The number of piperidine rings is 1. The van der Waals surface area contributed by atoms with Gasteiger partial charge < -0.3 is 35.1 Å². The molecule has 7 bridgehead atoms. The molecule has 0 radical (unpaired) electrons. The molecule has 5 unspecified atom stereocenters. The molecule has 8 rings (SSSR count). The van der Waals surface area contributed by atoms with Gasteiger partial charge in [0.1, 0.15) is 0 Å². The first-order chi connectivity index (χ1) is 27.0. The molecular formula is C45H61N3O8. The number of unbranched alkanes of at least 4 members (excludes halogenated alkanes) is 1. The van der Waals surface area contributed by atoms with Crippen LogP contribution < -0.4 is 10.6 Å². The van der Waals surface area contributed by atoms with Gasteiger partial charge in [-0.2, -0.15) is 0 Å². The van der Waals surface area contributed by atoms with Gasteiger partial charge in [0.2, 0.25) is 5.91 Å². The third kappa shape index (κ3) is 5.81. The first-order valence-corrected chi connectivity index (χ1v) is 21.2. The van der Waals surface area contributed by atoms with Crippen LogP contribution in [0.5, 0.6) is 0 Å². The minimum atomic E-state index is -1.05. The second kappa shape index (κ2) is 15.1. The van der Waals surface area contributed by atoms with Crippen molar-refractivity contribution in [3.05, 3.63) is 59.7 Å².